The molecule has 2 aliphatic rings. The molecule has 2 saturated carbocycles. The summed E-state index contributed by atoms with van der Waals surface area (Å²) >= 11 is 0. The van der Waals surface area contributed by atoms with Crippen LogP contribution < -0.4 is 5.32 Å². The van der Waals surface area contributed by atoms with Crippen LogP contribution >= 0.6 is 0 Å². The van der Waals surface area contributed by atoms with E-state index in [2.05, 4.69) is 11.4 Å². The summed E-state index contributed by atoms with van der Waals surface area (Å²) in [5.41, 5.74) is -0.822. The molecule has 94 valence electrons. The molecule has 0 saturated heterocycles. The van der Waals surface area contributed by atoms with Gasteiger partial charge in [0.05, 0.1) is 18.2 Å². The van der Waals surface area contributed by atoms with Crippen molar-refractivity contribution in [1.82, 2.24) is 5.32 Å². The number of nitriles is 1. The Bertz CT molecular complexity index is 329. The van der Waals surface area contributed by atoms with Crippen LogP contribution in [0.5, 0.6) is 0 Å². The van der Waals surface area contributed by atoms with Crippen molar-refractivity contribution in [1.29, 1.82) is 5.26 Å². The van der Waals surface area contributed by atoms with Gasteiger partial charge in [0, 0.05) is 0 Å². The predicted molar refractivity (Wildman–Crippen MR) is 62.9 cm³/mol. The Morgan fingerprint density at radius 1 is 1.24 bits per heavy atom. The van der Waals surface area contributed by atoms with Crippen LogP contribution in [-0.2, 0) is 4.79 Å². The molecule has 2 aliphatic carbocycles. The minimum Gasteiger partial charge on any atom is -0.391 e. The van der Waals surface area contributed by atoms with E-state index in [4.69, 9.17) is 0 Å². The maximum atomic E-state index is 12.2. The zero-order valence-corrected chi connectivity index (χ0v) is 10.1. The molecule has 2 fully saturated rings. The number of carbonyl (C=O) groups excluding carboxylic acids is 1. The number of carbonyl (C=O) groups is 1. The highest BCUT2D eigenvalue weighted by atomic mass is 16.3. The molecule has 4 nitrogen and oxygen atoms in total. The predicted octanol–water partition coefficient (Wildman–Crippen LogP) is 1.49. The molecular formula is C13H20N2O2. The lowest BCUT2D eigenvalue weighted by atomic mass is 9.85. The summed E-state index contributed by atoms with van der Waals surface area (Å²) in [6, 6.07) is 2.04. The first-order valence-electron chi connectivity index (χ1n) is 6.58. The first-order valence-corrected chi connectivity index (χ1v) is 6.58. The van der Waals surface area contributed by atoms with Crippen molar-refractivity contribution in [2.75, 3.05) is 0 Å². The van der Waals surface area contributed by atoms with Crippen molar-refractivity contribution < 1.29 is 9.90 Å². The molecular weight excluding hydrogens is 216 g/mol. The average molecular weight is 236 g/mol. The number of amides is 1. The number of nitrogens with one attached hydrogen (secondary N) is 1. The lowest BCUT2D eigenvalue weighted by Gasteiger charge is -2.31. The van der Waals surface area contributed by atoms with Crippen molar-refractivity contribution in [3.63, 3.8) is 0 Å². The molecule has 1 amide bonds. The van der Waals surface area contributed by atoms with Gasteiger partial charge >= 0.3 is 0 Å². The van der Waals surface area contributed by atoms with Crippen molar-refractivity contribution >= 4 is 5.91 Å². The summed E-state index contributed by atoms with van der Waals surface area (Å²) in [4.78, 5) is 12.2. The van der Waals surface area contributed by atoms with Crippen molar-refractivity contribution in [3.8, 4) is 6.07 Å². The molecule has 17 heavy (non-hydrogen) atoms. The van der Waals surface area contributed by atoms with Gasteiger partial charge in [-0.15, -0.1) is 0 Å². The summed E-state index contributed by atoms with van der Waals surface area (Å²) in [6.45, 7) is 0. The van der Waals surface area contributed by atoms with E-state index in [0.29, 0.717) is 12.8 Å². The first-order chi connectivity index (χ1) is 8.18. The molecule has 2 unspecified atom stereocenters. The lowest BCUT2D eigenvalue weighted by molar-refractivity contribution is -0.130. The quantitative estimate of drug-likeness (QED) is 0.763. The molecule has 2 rings (SSSR count). The Morgan fingerprint density at radius 2 is 1.88 bits per heavy atom. The number of aliphatic hydroxyl groups is 1. The second-order valence-corrected chi connectivity index (χ2v) is 5.33. The molecule has 0 aliphatic heterocycles. The second kappa shape index (κ2) is 5.05. The van der Waals surface area contributed by atoms with Crippen LogP contribution in [0.1, 0.15) is 51.4 Å². The second-order valence-electron chi connectivity index (χ2n) is 5.33. The molecule has 4 heteroatoms. The van der Waals surface area contributed by atoms with Crippen LogP contribution in [0.4, 0.5) is 0 Å². The molecule has 2 atom stereocenters. The highest BCUT2D eigenvalue weighted by Crippen LogP contribution is 2.38. The summed E-state index contributed by atoms with van der Waals surface area (Å²) < 4.78 is 0. The molecule has 0 aromatic rings. The summed E-state index contributed by atoms with van der Waals surface area (Å²) in [6.07, 6.45) is 6.45. The topological polar surface area (TPSA) is 73.1 Å². The van der Waals surface area contributed by atoms with Gasteiger partial charge in [0.1, 0.15) is 5.41 Å². The molecule has 0 heterocycles. The summed E-state index contributed by atoms with van der Waals surface area (Å²) in [5.74, 6) is -0.163. The van der Waals surface area contributed by atoms with E-state index in [1.54, 1.807) is 0 Å². The third-order valence-electron chi connectivity index (χ3n) is 4.15. The number of hydrogen-bond donors (Lipinski definition) is 2. The maximum absolute atomic E-state index is 12.2. The Kier molecular flexibility index (Phi) is 3.68. The first kappa shape index (κ1) is 12.4. The molecule has 2 N–H and O–H groups in total. The van der Waals surface area contributed by atoms with E-state index in [1.807, 2.05) is 0 Å². The lowest BCUT2D eigenvalue weighted by Crippen LogP contribution is -2.49. The summed E-state index contributed by atoms with van der Waals surface area (Å²) in [7, 11) is 0. The van der Waals surface area contributed by atoms with E-state index in [9.17, 15) is 15.2 Å². The Morgan fingerprint density at radius 3 is 2.47 bits per heavy atom. The van der Waals surface area contributed by atoms with Crippen LogP contribution in [0.25, 0.3) is 0 Å². The van der Waals surface area contributed by atoms with Gasteiger partial charge in [-0.1, -0.05) is 25.7 Å². The number of hydrogen-bond acceptors (Lipinski definition) is 3. The molecule has 0 aromatic heterocycles. The maximum Gasteiger partial charge on any atom is 0.240 e. The third-order valence-corrected chi connectivity index (χ3v) is 4.15. The van der Waals surface area contributed by atoms with Crippen LogP contribution in [-0.4, -0.2) is 23.2 Å². The highest BCUT2D eigenvalue weighted by molar-refractivity contribution is 5.86. The van der Waals surface area contributed by atoms with Crippen LogP contribution in [0, 0.1) is 16.7 Å². The van der Waals surface area contributed by atoms with Gasteiger partial charge < -0.3 is 10.4 Å². The fourth-order valence-electron chi connectivity index (χ4n) is 2.95. The fraction of sp³-hybridized carbons (Fsp3) is 0.846. The fourth-order valence-corrected chi connectivity index (χ4v) is 2.95. The Labute approximate surface area is 102 Å². The van der Waals surface area contributed by atoms with Crippen molar-refractivity contribution in [2.24, 2.45) is 5.41 Å². The standard InChI is InChI=1S/C13H20N2O2/c14-9-13(7-3-4-8-13)12(17)15-10-5-1-2-6-11(10)16/h10-11,16H,1-8H2,(H,15,17). The van der Waals surface area contributed by atoms with Crippen molar-refractivity contribution in [2.45, 2.75) is 63.5 Å². The van der Waals surface area contributed by atoms with Crippen LogP contribution in [0.2, 0.25) is 0 Å². The largest absolute Gasteiger partial charge is 0.391 e. The zero-order chi connectivity index (χ0) is 12.3. The molecule has 0 bridgehead atoms. The monoisotopic (exact) mass is 236 g/mol. The normalized spacial score (nSPS) is 31.8. The van der Waals surface area contributed by atoms with E-state index < -0.39 is 11.5 Å². The van der Waals surface area contributed by atoms with E-state index in [1.165, 1.54) is 0 Å². The van der Waals surface area contributed by atoms with E-state index >= 15 is 0 Å². The minimum absolute atomic E-state index is 0.151. The van der Waals surface area contributed by atoms with Gasteiger partial charge in [0.2, 0.25) is 5.91 Å². The SMILES string of the molecule is N#CC1(C(=O)NC2CCCCC2O)CCCC1. The average Bonchev–Trinajstić information content (AvgIpc) is 2.82. The Balaban J connectivity index is 1.98. The van der Waals surface area contributed by atoms with Crippen LogP contribution in [0.15, 0.2) is 0 Å². The van der Waals surface area contributed by atoms with Gasteiger partial charge in [0.25, 0.3) is 0 Å². The summed E-state index contributed by atoms with van der Waals surface area (Å²) in [5, 5.41) is 21.9. The number of nitrogens with zero attached hydrogens (tertiary/aromatic N) is 1. The number of rotatable bonds is 2. The van der Waals surface area contributed by atoms with E-state index in [0.717, 1.165) is 38.5 Å². The van der Waals surface area contributed by atoms with E-state index in [-0.39, 0.29) is 11.9 Å². The van der Waals surface area contributed by atoms with Gasteiger partial charge in [-0.25, -0.2) is 0 Å². The number of aliphatic hydroxyl groups excluding tert-OH is 1. The Hall–Kier alpha value is -1.08. The third kappa shape index (κ3) is 2.44. The van der Waals surface area contributed by atoms with Gasteiger partial charge in [0.15, 0.2) is 0 Å². The molecule has 0 spiro atoms. The minimum atomic E-state index is -0.822. The van der Waals surface area contributed by atoms with Gasteiger partial charge in [-0.2, -0.15) is 5.26 Å². The smallest absolute Gasteiger partial charge is 0.240 e. The highest BCUT2D eigenvalue weighted by Gasteiger charge is 2.42. The molecule has 0 radical (unpaired) electrons. The van der Waals surface area contributed by atoms with Crippen molar-refractivity contribution in [3.05, 3.63) is 0 Å². The molecule has 0 aromatic carbocycles. The van der Waals surface area contributed by atoms with Gasteiger partial charge in [-0.3, -0.25) is 4.79 Å². The zero-order valence-electron chi connectivity index (χ0n) is 10.1. The van der Waals surface area contributed by atoms with Crippen LogP contribution in [0.3, 0.4) is 0 Å². The van der Waals surface area contributed by atoms with Gasteiger partial charge in [-0.05, 0) is 25.7 Å².